The van der Waals surface area contributed by atoms with Crippen molar-refractivity contribution in [2.45, 2.75) is 45.8 Å². The number of rotatable bonds is 8. The highest BCUT2D eigenvalue weighted by molar-refractivity contribution is 5.87. The topological polar surface area (TPSA) is 67.9 Å². The van der Waals surface area contributed by atoms with Crippen LogP contribution in [0.1, 0.15) is 37.8 Å². The fourth-order valence-electron chi connectivity index (χ4n) is 3.11. The van der Waals surface area contributed by atoms with Crippen LogP contribution in [0.3, 0.4) is 0 Å². The van der Waals surface area contributed by atoms with E-state index >= 15 is 0 Å². The Hall–Kier alpha value is -3.09. The van der Waals surface area contributed by atoms with Gasteiger partial charge in [-0.1, -0.05) is 25.1 Å². The van der Waals surface area contributed by atoms with Gasteiger partial charge in [0.2, 0.25) is 18.6 Å². The molecule has 1 atom stereocenters. The van der Waals surface area contributed by atoms with Crippen molar-refractivity contribution < 1.29 is 23.5 Å². The first-order valence-corrected chi connectivity index (χ1v) is 9.68. The molecule has 2 aromatic carbocycles. The quantitative estimate of drug-likeness (QED) is 0.738. The molecule has 7 heteroatoms. The Morgan fingerprint density at radius 1 is 1.10 bits per heavy atom. The van der Waals surface area contributed by atoms with Gasteiger partial charge >= 0.3 is 0 Å². The van der Waals surface area contributed by atoms with Crippen LogP contribution in [0, 0.1) is 5.82 Å². The summed E-state index contributed by atoms with van der Waals surface area (Å²) in [5.74, 6) is 0.636. The minimum absolute atomic E-state index is 0.109. The molecule has 0 spiro atoms. The molecular weight excluding hydrogens is 375 g/mol. The summed E-state index contributed by atoms with van der Waals surface area (Å²) in [4.78, 5) is 26.9. The second-order valence-corrected chi connectivity index (χ2v) is 6.98. The molecule has 29 heavy (non-hydrogen) atoms. The van der Waals surface area contributed by atoms with Crippen LogP contribution in [-0.4, -0.2) is 29.5 Å². The van der Waals surface area contributed by atoms with Crippen LogP contribution in [0.15, 0.2) is 42.5 Å². The Labute approximate surface area is 169 Å². The van der Waals surface area contributed by atoms with Gasteiger partial charge in [-0.15, -0.1) is 0 Å². The third-order valence-electron chi connectivity index (χ3n) is 4.80. The molecule has 0 radical (unpaired) electrons. The zero-order chi connectivity index (χ0) is 20.8. The highest BCUT2D eigenvalue weighted by atomic mass is 19.1. The number of nitrogens with one attached hydrogen (secondary N) is 1. The Morgan fingerprint density at radius 3 is 2.52 bits per heavy atom. The Kier molecular flexibility index (Phi) is 6.69. The molecule has 0 aliphatic carbocycles. The summed E-state index contributed by atoms with van der Waals surface area (Å²) < 4.78 is 23.8. The summed E-state index contributed by atoms with van der Waals surface area (Å²) in [6.07, 6.45) is 1.03. The van der Waals surface area contributed by atoms with Crippen molar-refractivity contribution in [2.24, 2.45) is 0 Å². The van der Waals surface area contributed by atoms with E-state index in [1.54, 1.807) is 25.1 Å². The van der Waals surface area contributed by atoms with Crippen molar-refractivity contribution in [1.29, 1.82) is 0 Å². The Balaban J connectivity index is 1.65. The third kappa shape index (κ3) is 5.25. The van der Waals surface area contributed by atoms with Crippen molar-refractivity contribution in [3.05, 3.63) is 59.4 Å². The molecule has 0 fully saturated rings. The number of hydrogen-bond donors (Lipinski definition) is 1. The number of hydrogen-bond acceptors (Lipinski definition) is 4. The minimum atomic E-state index is -0.659. The van der Waals surface area contributed by atoms with Crippen molar-refractivity contribution in [2.75, 3.05) is 6.79 Å². The van der Waals surface area contributed by atoms with Crippen LogP contribution in [0.4, 0.5) is 4.39 Å². The smallest absolute Gasteiger partial charge is 0.242 e. The second-order valence-electron chi connectivity index (χ2n) is 6.98. The summed E-state index contributed by atoms with van der Waals surface area (Å²) in [6.45, 7) is 4.37. The first-order valence-electron chi connectivity index (χ1n) is 9.68. The molecule has 154 valence electrons. The summed E-state index contributed by atoms with van der Waals surface area (Å²) in [7, 11) is 0. The van der Waals surface area contributed by atoms with Gasteiger partial charge in [0, 0.05) is 19.5 Å². The SMILES string of the molecule is CCCC(=O)N(Cc1ccc(F)cc1)C(C)C(=O)NCc1ccc2c(c1)OCO2. The summed E-state index contributed by atoms with van der Waals surface area (Å²) in [5.41, 5.74) is 1.64. The standard InChI is InChI=1S/C22H25FN2O4/c1-3-4-21(26)25(13-16-5-8-18(23)9-6-16)15(2)22(27)24-12-17-7-10-19-20(11-17)29-14-28-19/h5-11,15H,3-4,12-14H2,1-2H3,(H,24,27). The predicted molar refractivity (Wildman–Crippen MR) is 106 cm³/mol. The number of nitrogens with zero attached hydrogens (tertiary/aromatic N) is 1. The molecule has 2 amide bonds. The molecule has 1 unspecified atom stereocenters. The van der Waals surface area contributed by atoms with Gasteiger partial charge in [0.1, 0.15) is 11.9 Å². The molecule has 1 N–H and O–H groups in total. The van der Waals surface area contributed by atoms with Gasteiger partial charge in [-0.2, -0.15) is 0 Å². The summed E-state index contributed by atoms with van der Waals surface area (Å²) >= 11 is 0. The lowest BCUT2D eigenvalue weighted by molar-refractivity contribution is -0.140. The van der Waals surface area contributed by atoms with Gasteiger partial charge in [-0.25, -0.2) is 4.39 Å². The maximum absolute atomic E-state index is 13.2. The molecule has 1 aliphatic heterocycles. The normalized spacial score (nSPS) is 13.1. The largest absolute Gasteiger partial charge is 0.454 e. The molecule has 0 saturated heterocycles. The van der Waals surface area contributed by atoms with Gasteiger partial charge in [-0.3, -0.25) is 9.59 Å². The lowest BCUT2D eigenvalue weighted by Crippen LogP contribution is -2.47. The lowest BCUT2D eigenvalue weighted by Gasteiger charge is -2.28. The number of fused-ring (bicyclic) bond motifs is 1. The molecule has 0 bridgehead atoms. The van der Waals surface area contributed by atoms with Gasteiger partial charge in [0.25, 0.3) is 0 Å². The van der Waals surface area contributed by atoms with E-state index in [0.717, 1.165) is 11.1 Å². The van der Waals surface area contributed by atoms with Crippen LogP contribution in [0.5, 0.6) is 11.5 Å². The predicted octanol–water partition coefficient (Wildman–Crippen LogP) is 3.39. The highest BCUT2D eigenvalue weighted by Crippen LogP contribution is 2.32. The van der Waals surface area contributed by atoms with Crippen molar-refractivity contribution in [1.82, 2.24) is 10.2 Å². The number of amides is 2. The fourth-order valence-corrected chi connectivity index (χ4v) is 3.11. The zero-order valence-electron chi connectivity index (χ0n) is 16.6. The highest BCUT2D eigenvalue weighted by Gasteiger charge is 2.25. The second kappa shape index (κ2) is 9.41. The minimum Gasteiger partial charge on any atom is -0.454 e. The van der Waals surface area contributed by atoms with Crippen LogP contribution in [-0.2, 0) is 22.7 Å². The van der Waals surface area contributed by atoms with E-state index in [-0.39, 0.29) is 31.0 Å². The van der Waals surface area contributed by atoms with Gasteiger partial charge in [0.15, 0.2) is 11.5 Å². The molecular formula is C22H25FN2O4. The van der Waals surface area contributed by atoms with E-state index in [2.05, 4.69) is 5.32 Å². The Morgan fingerprint density at radius 2 is 1.79 bits per heavy atom. The van der Waals surface area contributed by atoms with Gasteiger partial charge in [-0.05, 0) is 48.7 Å². The van der Waals surface area contributed by atoms with E-state index in [4.69, 9.17) is 9.47 Å². The lowest BCUT2D eigenvalue weighted by atomic mass is 10.1. The van der Waals surface area contributed by atoms with Crippen molar-refractivity contribution >= 4 is 11.8 Å². The van der Waals surface area contributed by atoms with E-state index < -0.39 is 6.04 Å². The molecule has 1 heterocycles. The summed E-state index contributed by atoms with van der Waals surface area (Å²) in [5, 5.41) is 2.87. The van der Waals surface area contributed by atoms with Crippen LogP contribution >= 0.6 is 0 Å². The number of carbonyl (C=O) groups excluding carboxylic acids is 2. The first kappa shape index (κ1) is 20.6. The Bertz CT molecular complexity index is 870. The average Bonchev–Trinajstić information content (AvgIpc) is 3.19. The molecule has 0 aromatic heterocycles. The van der Waals surface area contributed by atoms with Gasteiger partial charge in [0.05, 0.1) is 0 Å². The zero-order valence-corrected chi connectivity index (χ0v) is 16.6. The monoisotopic (exact) mass is 400 g/mol. The molecule has 0 saturated carbocycles. The molecule has 6 nitrogen and oxygen atoms in total. The van der Waals surface area contributed by atoms with Crippen LogP contribution < -0.4 is 14.8 Å². The van der Waals surface area contributed by atoms with E-state index in [9.17, 15) is 14.0 Å². The summed E-state index contributed by atoms with van der Waals surface area (Å²) in [6, 6.07) is 10.8. The van der Waals surface area contributed by atoms with E-state index in [1.165, 1.54) is 17.0 Å². The number of carbonyl (C=O) groups is 2. The maximum Gasteiger partial charge on any atom is 0.242 e. The third-order valence-corrected chi connectivity index (χ3v) is 4.80. The number of halogens is 1. The molecule has 2 aromatic rings. The van der Waals surface area contributed by atoms with E-state index in [1.807, 2.05) is 19.1 Å². The molecule has 3 rings (SSSR count). The van der Waals surface area contributed by atoms with Crippen molar-refractivity contribution in [3.63, 3.8) is 0 Å². The van der Waals surface area contributed by atoms with Crippen molar-refractivity contribution in [3.8, 4) is 11.5 Å². The average molecular weight is 400 g/mol. The van der Waals surface area contributed by atoms with Crippen LogP contribution in [0.2, 0.25) is 0 Å². The first-order chi connectivity index (χ1) is 14.0. The van der Waals surface area contributed by atoms with E-state index in [0.29, 0.717) is 30.9 Å². The fraction of sp³-hybridized carbons (Fsp3) is 0.364. The number of ether oxygens (including phenoxy) is 2. The number of benzene rings is 2. The van der Waals surface area contributed by atoms with Crippen LogP contribution in [0.25, 0.3) is 0 Å². The van der Waals surface area contributed by atoms with Gasteiger partial charge < -0.3 is 19.7 Å². The maximum atomic E-state index is 13.2. The molecule has 1 aliphatic rings.